The highest BCUT2D eigenvalue weighted by atomic mass is 32.1. The van der Waals surface area contributed by atoms with Gasteiger partial charge in [-0.25, -0.2) is 0 Å². The Morgan fingerprint density at radius 1 is 1.40 bits per heavy atom. The van der Waals surface area contributed by atoms with Crippen LogP contribution in [0, 0.1) is 3.95 Å². The summed E-state index contributed by atoms with van der Waals surface area (Å²) in [6.45, 7) is 0. The van der Waals surface area contributed by atoms with E-state index in [1.165, 1.54) is 21.7 Å². The first kappa shape index (κ1) is 9.12. The first-order valence-corrected chi connectivity index (χ1v) is 5.91. The number of fused-ring (bicyclic) bond motifs is 3. The van der Waals surface area contributed by atoms with Crippen LogP contribution in [0.5, 0.6) is 0 Å². The number of nitrogens with zero attached hydrogens (tertiary/aromatic N) is 1. The van der Waals surface area contributed by atoms with E-state index in [9.17, 15) is 0 Å². The molecular weight excluding hydrogens is 226 g/mol. The summed E-state index contributed by atoms with van der Waals surface area (Å²) in [4.78, 5) is 6.54. The van der Waals surface area contributed by atoms with Crippen molar-refractivity contribution < 1.29 is 4.84 Å². The van der Waals surface area contributed by atoms with Crippen LogP contribution >= 0.6 is 23.6 Å². The van der Waals surface area contributed by atoms with Crippen molar-refractivity contribution in [3.8, 4) is 10.4 Å². The van der Waals surface area contributed by atoms with Gasteiger partial charge in [0.15, 0.2) is 3.95 Å². The van der Waals surface area contributed by atoms with Crippen LogP contribution < -0.4 is 4.84 Å². The molecule has 0 saturated heterocycles. The maximum absolute atomic E-state index is 5.28. The van der Waals surface area contributed by atoms with Crippen LogP contribution in [0.25, 0.3) is 10.4 Å². The molecule has 76 valence electrons. The van der Waals surface area contributed by atoms with Crippen LogP contribution in [-0.2, 0) is 6.42 Å². The minimum atomic E-state index is 0.789. The average Bonchev–Trinajstić information content (AvgIpc) is 2.72. The molecule has 0 saturated carbocycles. The summed E-state index contributed by atoms with van der Waals surface area (Å²) in [7, 11) is 1.66. The average molecular weight is 235 g/mol. The zero-order valence-corrected chi connectivity index (χ0v) is 9.82. The minimum absolute atomic E-state index is 0.789. The van der Waals surface area contributed by atoms with Gasteiger partial charge in [0.1, 0.15) is 7.11 Å². The standard InChI is InChI=1S/C11H9NOS2/c1-13-12-9-6-7-4-2-3-5-8(7)10(9)15-11(12)14/h2-5H,6H2,1H3. The van der Waals surface area contributed by atoms with Crippen LogP contribution in [0.1, 0.15) is 11.3 Å². The molecule has 0 atom stereocenters. The van der Waals surface area contributed by atoms with Gasteiger partial charge in [0.25, 0.3) is 0 Å². The molecule has 0 fully saturated rings. The summed E-state index contributed by atoms with van der Waals surface area (Å²) in [5.74, 6) is 0. The molecular formula is C11H9NOS2. The molecule has 3 rings (SSSR count). The summed E-state index contributed by atoms with van der Waals surface area (Å²) in [6.07, 6.45) is 0.923. The van der Waals surface area contributed by atoms with Gasteiger partial charge >= 0.3 is 0 Å². The molecule has 4 heteroatoms. The molecule has 0 N–H and O–H groups in total. The predicted octanol–water partition coefficient (Wildman–Crippen LogP) is 2.91. The molecule has 0 aliphatic heterocycles. The Hall–Kier alpha value is -1.13. The fourth-order valence-corrected chi connectivity index (χ4v) is 3.47. The first-order valence-electron chi connectivity index (χ1n) is 4.68. The van der Waals surface area contributed by atoms with Crippen LogP contribution in [0.3, 0.4) is 0 Å². The number of hydrogen-bond donors (Lipinski definition) is 0. The van der Waals surface area contributed by atoms with Crippen LogP contribution in [0.15, 0.2) is 24.3 Å². The summed E-state index contributed by atoms with van der Waals surface area (Å²) < 4.78 is 2.55. The van der Waals surface area contributed by atoms with Gasteiger partial charge in [0.2, 0.25) is 0 Å². The Bertz CT molecular complexity index is 583. The van der Waals surface area contributed by atoms with Crippen molar-refractivity contribution in [1.29, 1.82) is 0 Å². The molecule has 1 heterocycles. The largest absolute Gasteiger partial charge is 0.415 e. The van der Waals surface area contributed by atoms with Gasteiger partial charge in [0, 0.05) is 6.42 Å². The molecule has 1 aromatic carbocycles. The minimum Gasteiger partial charge on any atom is -0.415 e. The number of aromatic nitrogens is 1. The molecule has 0 bridgehead atoms. The van der Waals surface area contributed by atoms with E-state index in [1.807, 2.05) is 0 Å². The predicted molar refractivity (Wildman–Crippen MR) is 63.9 cm³/mol. The van der Waals surface area contributed by atoms with Gasteiger partial charge < -0.3 is 4.84 Å². The highest BCUT2D eigenvalue weighted by Crippen LogP contribution is 2.40. The Morgan fingerprint density at radius 3 is 3.00 bits per heavy atom. The van der Waals surface area contributed by atoms with Gasteiger partial charge in [-0.3, -0.25) is 0 Å². The SMILES string of the molecule is COn1c2c(sc1=S)-c1ccccc1C2. The lowest BCUT2D eigenvalue weighted by Gasteiger charge is -2.02. The Labute approximate surface area is 96.7 Å². The molecule has 1 aromatic heterocycles. The fraction of sp³-hybridized carbons (Fsp3) is 0.182. The first-order chi connectivity index (χ1) is 7.31. The monoisotopic (exact) mass is 235 g/mol. The van der Waals surface area contributed by atoms with Crippen LogP contribution in [0.2, 0.25) is 0 Å². The number of hydrogen-bond acceptors (Lipinski definition) is 3. The molecule has 0 radical (unpaired) electrons. The van der Waals surface area contributed by atoms with E-state index in [0.29, 0.717) is 0 Å². The third kappa shape index (κ3) is 1.18. The number of thiazole rings is 1. The van der Waals surface area contributed by atoms with Crippen molar-refractivity contribution >= 4 is 23.6 Å². The van der Waals surface area contributed by atoms with E-state index in [4.69, 9.17) is 17.1 Å². The van der Waals surface area contributed by atoms with Crippen molar-refractivity contribution in [3.63, 3.8) is 0 Å². The van der Waals surface area contributed by atoms with Crippen molar-refractivity contribution in [3.05, 3.63) is 39.5 Å². The summed E-state index contributed by atoms with van der Waals surface area (Å²) in [5.41, 5.74) is 3.85. The highest BCUT2D eigenvalue weighted by molar-refractivity contribution is 7.73. The quantitative estimate of drug-likeness (QED) is 0.602. The van der Waals surface area contributed by atoms with E-state index in [0.717, 1.165) is 10.4 Å². The molecule has 2 nitrogen and oxygen atoms in total. The van der Waals surface area contributed by atoms with Crippen molar-refractivity contribution in [2.75, 3.05) is 7.11 Å². The molecule has 1 aliphatic carbocycles. The van der Waals surface area contributed by atoms with E-state index < -0.39 is 0 Å². The smallest absolute Gasteiger partial charge is 0.197 e. The molecule has 15 heavy (non-hydrogen) atoms. The van der Waals surface area contributed by atoms with E-state index in [2.05, 4.69) is 24.3 Å². The second-order valence-electron chi connectivity index (χ2n) is 3.45. The Morgan fingerprint density at radius 2 is 2.20 bits per heavy atom. The van der Waals surface area contributed by atoms with Gasteiger partial charge in [-0.15, -0.1) is 11.3 Å². The summed E-state index contributed by atoms with van der Waals surface area (Å²) in [5, 5.41) is 0. The van der Waals surface area contributed by atoms with Crippen molar-refractivity contribution in [2.45, 2.75) is 6.42 Å². The zero-order chi connectivity index (χ0) is 10.4. The molecule has 0 spiro atoms. The molecule has 1 aliphatic rings. The Kier molecular flexibility index (Phi) is 1.94. The van der Waals surface area contributed by atoms with Crippen molar-refractivity contribution in [2.24, 2.45) is 0 Å². The third-order valence-corrected chi connectivity index (χ3v) is 4.08. The van der Waals surface area contributed by atoms with E-state index in [1.54, 1.807) is 23.2 Å². The van der Waals surface area contributed by atoms with Crippen LogP contribution in [0.4, 0.5) is 0 Å². The Balaban J connectivity index is 2.30. The van der Waals surface area contributed by atoms with Gasteiger partial charge in [-0.1, -0.05) is 24.3 Å². The summed E-state index contributed by atoms with van der Waals surface area (Å²) in [6, 6.07) is 8.44. The van der Waals surface area contributed by atoms with Crippen LogP contribution in [-0.4, -0.2) is 11.8 Å². The number of rotatable bonds is 1. The number of benzene rings is 1. The molecule has 0 amide bonds. The van der Waals surface area contributed by atoms with E-state index >= 15 is 0 Å². The fourth-order valence-electron chi connectivity index (χ4n) is 2.01. The van der Waals surface area contributed by atoms with Gasteiger partial charge in [-0.05, 0) is 23.3 Å². The van der Waals surface area contributed by atoms with Gasteiger partial charge in [0.05, 0.1) is 10.6 Å². The lowest BCUT2D eigenvalue weighted by molar-refractivity contribution is 0.159. The lowest BCUT2D eigenvalue weighted by atomic mass is 10.1. The second kappa shape index (κ2) is 3.18. The maximum Gasteiger partial charge on any atom is 0.197 e. The lowest BCUT2D eigenvalue weighted by Crippen LogP contribution is -2.08. The van der Waals surface area contributed by atoms with Crippen molar-refractivity contribution in [1.82, 2.24) is 4.73 Å². The highest BCUT2D eigenvalue weighted by Gasteiger charge is 2.24. The van der Waals surface area contributed by atoms with E-state index in [-0.39, 0.29) is 0 Å². The molecule has 2 aromatic rings. The second-order valence-corrected chi connectivity index (χ2v) is 5.10. The topological polar surface area (TPSA) is 14.2 Å². The van der Waals surface area contributed by atoms with Gasteiger partial charge in [-0.2, -0.15) is 4.73 Å². The zero-order valence-electron chi connectivity index (χ0n) is 8.19. The maximum atomic E-state index is 5.28. The third-order valence-electron chi connectivity index (χ3n) is 2.66. The summed E-state index contributed by atoms with van der Waals surface area (Å²) >= 11 is 6.87. The normalized spacial score (nSPS) is 12.3. The molecule has 0 unspecified atom stereocenters.